The van der Waals surface area contributed by atoms with Crippen molar-refractivity contribution in [3.8, 4) is 0 Å². The van der Waals surface area contributed by atoms with E-state index in [1.54, 1.807) is 0 Å². The fraction of sp³-hybridized carbons (Fsp3) is 0.188. The lowest BCUT2D eigenvalue weighted by molar-refractivity contribution is -0.384. The van der Waals surface area contributed by atoms with Crippen LogP contribution in [-0.2, 0) is 6.54 Å². The molecular formula is C16H17N3O3S. The van der Waals surface area contributed by atoms with Crippen LogP contribution in [0.2, 0.25) is 0 Å². The van der Waals surface area contributed by atoms with Gasteiger partial charge in [0.25, 0.3) is 5.69 Å². The molecule has 1 atom stereocenters. The minimum Gasteiger partial charge on any atom is -0.387 e. The second kappa shape index (κ2) is 8.21. The lowest BCUT2D eigenvalue weighted by atomic mass is 10.1. The monoisotopic (exact) mass is 331 g/mol. The van der Waals surface area contributed by atoms with E-state index in [1.165, 1.54) is 24.3 Å². The van der Waals surface area contributed by atoms with E-state index in [2.05, 4.69) is 10.6 Å². The number of nitro benzene ring substituents is 1. The quantitative estimate of drug-likeness (QED) is 0.428. The fourth-order valence-corrected chi connectivity index (χ4v) is 2.12. The van der Waals surface area contributed by atoms with Gasteiger partial charge in [-0.15, -0.1) is 0 Å². The van der Waals surface area contributed by atoms with Gasteiger partial charge in [0.2, 0.25) is 0 Å². The molecule has 2 rings (SSSR count). The zero-order valence-electron chi connectivity index (χ0n) is 12.3. The minimum absolute atomic E-state index is 0.00559. The second-order valence-corrected chi connectivity index (χ2v) is 5.32. The first kappa shape index (κ1) is 16.9. The van der Waals surface area contributed by atoms with Gasteiger partial charge in [-0.3, -0.25) is 10.1 Å². The van der Waals surface area contributed by atoms with Crippen LogP contribution in [0.25, 0.3) is 0 Å². The van der Waals surface area contributed by atoms with Gasteiger partial charge in [-0.1, -0.05) is 30.3 Å². The zero-order valence-corrected chi connectivity index (χ0v) is 13.1. The predicted molar refractivity (Wildman–Crippen MR) is 91.9 cm³/mol. The average molecular weight is 331 g/mol. The summed E-state index contributed by atoms with van der Waals surface area (Å²) in [6, 6.07) is 15.6. The highest BCUT2D eigenvalue weighted by Crippen LogP contribution is 2.17. The van der Waals surface area contributed by atoms with Crippen LogP contribution < -0.4 is 10.6 Å². The van der Waals surface area contributed by atoms with Gasteiger partial charge in [0.15, 0.2) is 5.11 Å². The van der Waals surface area contributed by atoms with Crippen molar-refractivity contribution >= 4 is 23.0 Å². The summed E-state index contributed by atoms with van der Waals surface area (Å²) < 4.78 is 0. The topological polar surface area (TPSA) is 87.4 Å². The SMILES string of the molecule is O=[N+]([O-])c1ccc(C(O)CNC(=S)NCc2ccccc2)cc1. The van der Waals surface area contributed by atoms with E-state index >= 15 is 0 Å². The summed E-state index contributed by atoms with van der Waals surface area (Å²) in [5.41, 5.74) is 1.69. The summed E-state index contributed by atoms with van der Waals surface area (Å²) in [5, 5.41) is 27.1. The molecule has 6 nitrogen and oxygen atoms in total. The molecule has 0 aliphatic carbocycles. The molecule has 1 unspecified atom stereocenters. The molecule has 0 saturated heterocycles. The van der Waals surface area contributed by atoms with Crippen LogP contribution in [0.5, 0.6) is 0 Å². The number of nitrogens with one attached hydrogen (secondary N) is 2. The first-order chi connectivity index (χ1) is 11.1. The Labute approximate surface area is 139 Å². The largest absolute Gasteiger partial charge is 0.387 e. The molecule has 0 aromatic heterocycles. The number of nitrogens with zero attached hydrogens (tertiary/aromatic N) is 1. The van der Waals surface area contributed by atoms with Gasteiger partial charge in [0.1, 0.15) is 0 Å². The third-order valence-electron chi connectivity index (χ3n) is 3.24. The Morgan fingerprint density at radius 3 is 2.39 bits per heavy atom. The Morgan fingerprint density at radius 1 is 1.13 bits per heavy atom. The molecule has 7 heteroatoms. The summed E-state index contributed by atoms with van der Waals surface area (Å²) >= 11 is 5.15. The molecule has 0 aliphatic rings. The Bertz CT molecular complexity index is 662. The van der Waals surface area contributed by atoms with Crippen LogP contribution in [0.1, 0.15) is 17.2 Å². The highest BCUT2D eigenvalue weighted by atomic mass is 32.1. The molecule has 0 fully saturated rings. The highest BCUT2D eigenvalue weighted by Gasteiger charge is 2.10. The molecule has 0 saturated carbocycles. The van der Waals surface area contributed by atoms with Crippen molar-refractivity contribution in [2.75, 3.05) is 6.54 Å². The molecule has 0 aliphatic heterocycles. The number of aliphatic hydroxyl groups is 1. The number of thiocarbonyl (C=S) groups is 1. The molecule has 0 heterocycles. The van der Waals surface area contributed by atoms with E-state index in [4.69, 9.17) is 12.2 Å². The van der Waals surface area contributed by atoms with Crippen LogP contribution in [0, 0.1) is 10.1 Å². The molecule has 0 amide bonds. The number of nitro groups is 1. The van der Waals surface area contributed by atoms with Gasteiger partial charge in [0, 0.05) is 25.2 Å². The maximum absolute atomic E-state index is 10.6. The molecule has 0 bridgehead atoms. The molecule has 120 valence electrons. The Hall–Kier alpha value is -2.51. The van der Waals surface area contributed by atoms with E-state index < -0.39 is 11.0 Å². The predicted octanol–water partition coefficient (Wildman–Crippen LogP) is 2.29. The van der Waals surface area contributed by atoms with E-state index in [0.29, 0.717) is 17.2 Å². The number of hydrogen-bond acceptors (Lipinski definition) is 4. The average Bonchev–Trinajstić information content (AvgIpc) is 2.58. The Kier molecular flexibility index (Phi) is 6.02. The lowest BCUT2D eigenvalue weighted by Gasteiger charge is -2.14. The van der Waals surface area contributed by atoms with Gasteiger partial charge < -0.3 is 15.7 Å². The standard InChI is InChI=1S/C16H17N3O3S/c20-15(13-6-8-14(9-7-13)19(21)22)11-18-16(23)17-10-12-4-2-1-3-5-12/h1-9,15,20H,10-11H2,(H2,17,18,23). The molecule has 2 aromatic carbocycles. The third-order valence-corrected chi connectivity index (χ3v) is 3.53. The summed E-state index contributed by atoms with van der Waals surface area (Å²) in [5.74, 6) is 0. The van der Waals surface area contributed by atoms with Gasteiger partial charge in [-0.25, -0.2) is 0 Å². The second-order valence-electron chi connectivity index (χ2n) is 4.91. The summed E-state index contributed by atoms with van der Waals surface area (Å²) in [4.78, 5) is 10.1. The normalized spacial score (nSPS) is 11.5. The van der Waals surface area contributed by atoms with Gasteiger partial charge in [-0.2, -0.15) is 0 Å². The van der Waals surface area contributed by atoms with Crippen molar-refractivity contribution in [1.29, 1.82) is 0 Å². The van der Waals surface area contributed by atoms with Gasteiger partial charge in [-0.05, 0) is 35.5 Å². The van der Waals surface area contributed by atoms with Crippen molar-refractivity contribution in [1.82, 2.24) is 10.6 Å². The van der Waals surface area contributed by atoms with Crippen LogP contribution in [0.15, 0.2) is 54.6 Å². The van der Waals surface area contributed by atoms with E-state index in [-0.39, 0.29) is 12.2 Å². The van der Waals surface area contributed by atoms with Crippen molar-refractivity contribution < 1.29 is 10.0 Å². The zero-order chi connectivity index (χ0) is 16.7. The fourth-order valence-electron chi connectivity index (χ4n) is 1.97. The lowest BCUT2D eigenvalue weighted by Crippen LogP contribution is -2.37. The molecule has 0 spiro atoms. The van der Waals surface area contributed by atoms with E-state index in [1.807, 2.05) is 30.3 Å². The van der Waals surface area contributed by atoms with Crippen LogP contribution in [-0.4, -0.2) is 21.7 Å². The summed E-state index contributed by atoms with van der Waals surface area (Å²) in [6.45, 7) is 0.818. The van der Waals surface area contributed by atoms with Crippen molar-refractivity contribution in [3.63, 3.8) is 0 Å². The van der Waals surface area contributed by atoms with Crippen molar-refractivity contribution in [3.05, 3.63) is 75.8 Å². The van der Waals surface area contributed by atoms with E-state index in [0.717, 1.165) is 5.56 Å². The molecule has 3 N–H and O–H groups in total. The maximum Gasteiger partial charge on any atom is 0.269 e. The summed E-state index contributed by atoms with van der Waals surface area (Å²) in [7, 11) is 0. The smallest absolute Gasteiger partial charge is 0.269 e. The summed E-state index contributed by atoms with van der Waals surface area (Å²) in [6.07, 6.45) is -0.799. The van der Waals surface area contributed by atoms with Crippen molar-refractivity contribution in [2.45, 2.75) is 12.6 Å². The molecule has 2 aromatic rings. The number of benzene rings is 2. The minimum atomic E-state index is -0.799. The highest BCUT2D eigenvalue weighted by molar-refractivity contribution is 7.80. The first-order valence-corrected chi connectivity index (χ1v) is 7.45. The number of aliphatic hydroxyl groups excluding tert-OH is 1. The first-order valence-electron chi connectivity index (χ1n) is 7.04. The third kappa shape index (κ3) is 5.32. The van der Waals surface area contributed by atoms with Crippen LogP contribution in [0.4, 0.5) is 5.69 Å². The van der Waals surface area contributed by atoms with Gasteiger partial charge >= 0.3 is 0 Å². The molecular weight excluding hydrogens is 314 g/mol. The number of non-ortho nitro benzene ring substituents is 1. The Balaban J connectivity index is 1.78. The molecule has 0 radical (unpaired) electrons. The number of rotatable bonds is 6. The van der Waals surface area contributed by atoms with Crippen LogP contribution in [0.3, 0.4) is 0 Å². The maximum atomic E-state index is 10.6. The van der Waals surface area contributed by atoms with Crippen molar-refractivity contribution in [2.24, 2.45) is 0 Å². The van der Waals surface area contributed by atoms with Gasteiger partial charge in [0.05, 0.1) is 11.0 Å². The molecule has 23 heavy (non-hydrogen) atoms. The van der Waals surface area contributed by atoms with Crippen LogP contribution >= 0.6 is 12.2 Å². The van der Waals surface area contributed by atoms with E-state index in [9.17, 15) is 15.2 Å². The Morgan fingerprint density at radius 2 is 1.78 bits per heavy atom. The number of hydrogen-bond donors (Lipinski definition) is 3.